The molecule has 0 aliphatic heterocycles. The Balaban J connectivity index is 4.32. The van der Waals surface area contributed by atoms with Crippen molar-refractivity contribution in [3.8, 4) is 0 Å². The molecule has 0 fully saturated rings. The highest BCUT2D eigenvalue weighted by atomic mass is 32.2. The molecule has 0 saturated heterocycles. The van der Waals surface area contributed by atoms with Crippen molar-refractivity contribution in [2.75, 3.05) is 24.7 Å². The molecule has 0 heterocycles. The molecular formula is C9H20O6S2. The van der Waals surface area contributed by atoms with Gasteiger partial charge in [-0.25, -0.2) is 0 Å². The summed E-state index contributed by atoms with van der Waals surface area (Å²) in [7, 11) is -7.03. The van der Waals surface area contributed by atoms with Crippen molar-refractivity contribution in [1.82, 2.24) is 0 Å². The summed E-state index contributed by atoms with van der Waals surface area (Å²) < 4.78 is 54.0. The molecule has 0 aliphatic rings. The zero-order valence-electron chi connectivity index (χ0n) is 10.6. The van der Waals surface area contributed by atoms with Crippen LogP contribution in [0.4, 0.5) is 0 Å². The summed E-state index contributed by atoms with van der Waals surface area (Å²) in [6.07, 6.45) is 0. The van der Waals surface area contributed by atoms with Gasteiger partial charge in [-0.2, -0.15) is 16.8 Å². The molecule has 0 spiro atoms. The molecule has 0 aromatic heterocycles. The fraction of sp³-hybridized carbons (Fsp3) is 1.00. The predicted octanol–water partition coefficient (Wildman–Crippen LogP) is 0.745. The molecule has 0 atom stereocenters. The van der Waals surface area contributed by atoms with E-state index in [0.717, 1.165) is 0 Å². The van der Waals surface area contributed by atoms with E-state index in [4.69, 9.17) is 8.37 Å². The third-order valence-corrected chi connectivity index (χ3v) is 4.33. The first kappa shape index (κ1) is 16.8. The SMILES string of the molecule is CCS(=O)(=O)OCC(C)(C)COS(=O)(=O)CC. The monoisotopic (exact) mass is 288 g/mol. The minimum Gasteiger partial charge on any atom is -0.269 e. The lowest BCUT2D eigenvalue weighted by Gasteiger charge is -2.23. The van der Waals surface area contributed by atoms with E-state index in [9.17, 15) is 16.8 Å². The summed E-state index contributed by atoms with van der Waals surface area (Å²) in [5.74, 6) is -0.228. The van der Waals surface area contributed by atoms with Crippen LogP contribution in [0.15, 0.2) is 0 Å². The molecule has 0 amide bonds. The van der Waals surface area contributed by atoms with E-state index in [1.54, 1.807) is 13.8 Å². The topological polar surface area (TPSA) is 86.7 Å². The second-order valence-electron chi connectivity index (χ2n) is 4.38. The van der Waals surface area contributed by atoms with E-state index in [2.05, 4.69) is 0 Å². The third-order valence-electron chi connectivity index (χ3n) is 1.97. The average Bonchev–Trinajstić information content (AvgIpc) is 2.25. The van der Waals surface area contributed by atoms with Gasteiger partial charge in [-0.05, 0) is 13.8 Å². The fourth-order valence-corrected chi connectivity index (χ4v) is 2.04. The summed E-state index contributed by atoms with van der Waals surface area (Å²) in [5.41, 5.74) is -0.690. The smallest absolute Gasteiger partial charge is 0.267 e. The normalized spacial score (nSPS) is 13.9. The number of hydrogen-bond donors (Lipinski definition) is 0. The van der Waals surface area contributed by atoms with Gasteiger partial charge in [-0.15, -0.1) is 0 Å². The largest absolute Gasteiger partial charge is 0.269 e. The summed E-state index contributed by atoms with van der Waals surface area (Å²) in [6.45, 7) is 6.07. The fourth-order valence-electron chi connectivity index (χ4n) is 0.707. The van der Waals surface area contributed by atoms with Crippen LogP contribution in [0.2, 0.25) is 0 Å². The Morgan fingerprint density at radius 1 is 0.824 bits per heavy atom. The Hall–Kier alpha value is -0.180. The molecule has 104 valence electrons. The average molecular weight is 288 g/mol. The molecule has 17 heavy (non-hydrogen) atoms. The first-order valence-electron chi connectivity index (χ1n) is 5.28. The van der Waals surface area contributed by atoms with Gasteiger partial charge in [0, 0.05) is 5.41 Å². The maximum atomic E-state index is 11.1. The van der Waals surface area contributed by atoms with Crippen LogP contribution < -0.4 is 0 Å². The second-order valence-corrected chi connectivity index (χ2v) is 8.24. The van der Waals surface area contributed by atoms with Crippen molar-refractivity contribution in [2.45, 2.75) is 27.7 Å². The minimum atomic E-state index is -3.52. The Labute approximate surface area is 104 Å². The molecule has 0 aromatic rings. The molecule has 0 aromatic carbocycles. The molecule has 0 rings (SSSR count). The van der Waals surface area contributed by atoms with Crippen molar-refractivity contribution >= 4 is 20.2 Å². The molecule has 0 bridgehead atoms. The van der Waals surface area contributed by atoms with Crippen LogP contribution in [0, 0.1) is 5.41 Å². The van der Waals surface area contributed by atoms with Gasteiger partial charge in [0.2, 0.25) is 0 Å². The standard InChI is InChI=1S/C9H20O6S2/c1-5-16(10,11)14-7-9(3,4)8-15-17(12,13)6-2/h5-8H2,1-4H3. The van der Waals surface area contributed by atoms with Gasteiger partial charge in [0.25, 0.3) is 20.2 Å². The van der Waals surface area contributed by atoms with Gasteiger partial charge in [-0.3, -0.25) is 8.37 Å². The Bertz CT molecular complexity index is 380. The van der Waals surface area contributed by atoms with Crippen molar-refractivity contribution in [2.24, 2.45) is 5.41 Å². The third kappa shape index (κ3) is 7.69. The van der Waals surface area contributed by atoms with Gasteiger partial charge >= 0.3 is 0 Å². The quantitative estimate of drug-likeness (QED) is 0.612. The zero-order valence-corrected chi connectivity index (χ0v) is 12.2. The van der Waals surface area contributed by atoms with Crippen molar-refractivity contribution in [1.29, 1.82) is 0 Å². The maximum absolute atomic E-state index is 11.1. The van der Waals surface area contributed by atoms with Gasteiger partial charge in [0.05, 0.1) is 24.7 Å². The van der Waals surface area contributed by atoms with Crippen LogP contribution in [0.1, 0.15) is 27.7 Å². The highest BCUT2D eigenvalue weighted by molar-refractivity contribution is 7.86. The van der Waals surface area contributed by atoms with Gasteiger partial charge < -0.3 is 0 Å². The van der Waals surface area contributed by atoms with E-state index >= 15 is 0 Å². The van der Waals surface area contributed by atoms with Crippen LogP contribution >= 0.6 is 0 Å². The van der Waals surface area contributed by atoms with Gasteiger partial charge in [0.1, 0.15) is 0 Å². The Morgan fingerprint density at radius 3 is 1.35 bits per heavy atom. The van der Waals surface area contributed by atoms with Gasteiger partial charge in [-0.1, -0.05) is 13.8 Å². The lowest BCUT2D eigenvalue weighted by Crippen LogP contribution is -2.29. The predicted molar refractivity (Wildman–Crippen MR) is 64.6 cm³/mol. The lowest BCUT2D eigenvalue weighted by molar-refractivity contribution is 0.118. The first-order valence-corrected chi connectivity index (χ1v) is 8.43. The van der Waals surface area contributed by atoms with Crippen LogP contribution in [0.5, 0.6) is 0 Å². The van der Waals surface area contributed by atoms with Crippen molar-refractivity contribution in [3.63, 3.8) is 0 Å². The molecule has 0 unspecified atom stereocenters. The molecular weight excluding hydrogens is 268 g/mol. The number of hydrogen-bond acceptors (Lipinski definition) is 6. The molecule has 0 aliphatic carbocycles. The van der Waals surface area contributed by atoms with Crippen LogP contribution in [-0.2, 0) is 28.6 Å². The molecule has 0 radical (unpaired) electrons. The lowest BCUT2D eigenvalue weighted by atomic mass is 9.97. The van der Waals surface area contributed by atoms with E-state index in [-0.39, 0.29) is 24.7 Å². The highest BCUT2D eigenvalue weighted by Gasteiger charge is 2.24. The summed E-state index contributed by atoms with van der Waals surface area (Å²) in [6, 6.07) is 0. The summed E-state index contributed by atoms with van der Waals surface area (Å²) in [4.78, 5) is 0. The van der Waals surface area contributed by atoms with Crippen LogP contribution in [0.3, 0.4) is 0 Å². The number of rotatable bonds is 8. The molecule has 0 N–H and O–H groups in total. The van der Waals surface area contributed by atoms with E-state index < -0.39 is 25.7 Å². The van der Waals surface area contributed by atoms with Crippen molar-refractivity contribution in [3.05, 3.63) is 0 Å². The van der Waals surface area contributed by atoms with Gasteiger partial charge in [0.15, 0.2) is 0 Å². The Morgan fingerprint density at radius 2 is 1.12 bits per heavy atom. The molecule has 6 nitrogen and oxygen atoms in total. The highest BCUT2D eigenvalue weighted by Crippen LogP contribution is 2.18. The maximum Gasteiger partial charge on any atom is 0.267 e. The second kappa shape index (κ2) is 6.12. The summed E-state index contributed by atoms with van der Waals surface area (Å²) >= 11 is 0. The van der Waals surface area contributed by atoms with E-state index in [0.29, 0.717) is 0 Å². The zero-order chi connectivity index (χ0) is 13.7. The molecule has 8 heteroatoms. The van der Waals surface area contributed by atoms with E-state index in [1.807, 2.05) is 0 Å². The van der Waals surface area contributed by atoms with Crippen LogP contribution in [0.25, 0.3) is 0 Å². The first-order chi connectivity index (χ1) is 7.54. The van der Waals surface area contributed by atoms with Crippen molar-refractivity contribution < 1.29 is 25.2 Å². The van der Waals surface area contributed by atoms with E-state index in [1.165, 1.54) is 13.8 Å². The summed E-state index contributed by atoms with van der Waals surface area (Å²) in [5, 5.41) is 0. The van der Waals surface area contributed by atoms with Crippen LogP contribution in [-0.4, -0.2) is 41.6 Å². The molecule has 0 saturated carbocycles. The minimum absolute atomic E-state index is 0.109. The Kier molecular flexibility index (Phi) is 6.06.